The third-order valence-electron chi connectivity index (χ3n) is 5.41. The summed E-state index contributed by atoms with van der Waals surface area (Å²) in [5, 5.41) is 3.31. The molecular formula is C23H29NO5S. The van der Waals surface area contributed by atoms with E-state index in [9.17, 15) is 9.59 Å². The van der Waals surface area contributed by atoms with E-state index in [1.54, 1.807) is 32.0 Å². The highest BCUT2D eigenvalue weighted by Crippen LogP contribution is 2.47. The topological polar surface area (TPSA) is 73.9 Å². The van der Waals surface area contributed by atoms with Crippen molar-refractivity contribution in [2.24, 2.45) is 0 Å². The summed E-state index contributed by atoms with van der Waals surface area (Å²) in [6, 6.07) is 5.54. The second-order valence-electron chi connectivity index (χ2n) is 7.18. The predicted octanol–water partition coefficient (Wildman–Crippen LogP) is 3.97. The largest absolute Gasteiger partial charge is 0.493 e. The van der Waals surface area contributed by atoms with Gasteiger partial charge >= 0.3 is 5.97 Å². The number of methoxy groups -OCH3 is 2. The van der Waals surface area contributed by atoms with Gasteiger partial charge in [-0.3, -0.25) is 4.79 Å². The van der Waals surface area contributed by atoms with Gasteiger partial charge in [0.25, 0.3) is 0 Å². The van der Waals surface area contributed by atoms with Crippen LogP contribution in [-0.2, 0) is 14.3 Å². The molecule has 1 aliphatic carbocycles. The maximum atomic E-state index is 13.2. The minimum absolute atomic E-state index is 0.0537. The highest BCUT2D eigenvalue weighted by Gasteiger charge is 2.40. The molecule has 0 amide bonds. The molecule has 162 valence electrons. The Labute approximate surface area is 182 Å². The monoisotopic (exact) mass is 431 g/mol. The number of nitrogens with one attached hydrogen (secondary N) is 1. The summed E-state index contributed by atoms with van der Waals surface area (Å²) in [6.07, 6.45) is 2.04. The molecule has 2 aliphatic rings. The molecule has 0 fully saturated rings. The molecule has 1 N–H and O–H groups in total. The van der Waals surface area contributed by atoms with Crippen LogP contribution in [0.2, 0.25) is 0 Å². The lowest BCUT2D eigenvalue weighted by Gasteiger charge is -2.34. The van der Waals surface area contributed by atoms with E-state index in [0.717, 1.165) is 35.6 Å². The minimum atomic E-state index is -0.551. The number of Topliss-reactive ketones (excluding diaryl/α,β-unsaturated/α-hetero) is 1. The highest BCUT2D eigenvalue weighted by atomic mass is 32.2. The first-order valence-corrected chi connectivity index (χ1v) is 11.4. The van der Waals surface area contributed by atoms with Crippen molar-refractivity contribution in [2.75, 3.05) is 32.3 Å². The van der Waals surface area contributed by atoms with Gasteiger partial charge in [-0.1, -0.05) is 19.1 Å². The van der Waals surface area contributed by atoms with E-state index < -0.39 is 11.9 Å². The first kappa shape index (κ1) is 22.3. The summed E-state index contributed by atoms with van der Waals surface area (Å²) >= 11 is 1.72. The van der Waals surface area contributed by atoms with Gasteiger partial charge in [0, 0.05) is 34.7 Å². The van der Waals surface area contributed by atoms with E-state index in [0.29, 0.717) is 41.4 Å². The maximum absolute atomic E-state index is 13.2. The van der Waals surface area contributed by atoms with Gasteiger partial charge in [-0.25, -0.2) is 4.79 Å². The van der Waals surface area contributed by atoms with Crippen molar-refractivity contribution < 1.29 is 23.8 Å². The number of hydrogen-bond donors (Lipinski definition) is 1. The molecule has 0 radical (unpaired) electrons. The zero-order chi connectivity index (χ0) is 21.7. The molecule has 0 spiro atoms. The van der Waals surface area contributed by atoms with Crippen molar-refractivity contribution >= 4 is 23.5 Å². The van der Waals surface area contributed by atoms with E-state index in [2.05, 4.69) is 12.2 Å². The van der Waals surface area contributed by atoms with Crippen molar-refractivity contribution in [3.63, 3.8) is 0 Å². The zero-order valence-electron chi connectivity index (χ0n) is 18.0. The van der Waals surface area contributed by atoms with Crippen LogP contribution in [-0.4, -0.2) is 44.1 Å². The van der Waals surface area contributed by atoms with Gasteiger partial charge in [0.2, 0.25) is 0 Å². The molecular weight excluding hydrogens is 402 g/mol. The Bertz CT molecular complexity index is 890. The van der Waals surface area contributed by atoms with Crippen molar-refractivity contribution in [3.05, 3.63) is 46.3 Å². The molecule has 1 aliphatic heterocycles. The summed E-state index contributed by atoms with van der Waals surface area (Å²) in [5.41, 5.74) is 3.42. The Morgan fingerprint density at radius 3 is 2.73 bits per heavy atom. The van der Waals surface area contributed by atoms with Crippen LogP contribution in [0, 0.1) is 0 Å². The molecule has 0 saturated heterocycles. The molecule has 6 nitrogen and oxygen atoms in total. The molecule has 3 rings (SSSR count). The van der Waals surface area contributed by atoms with E-state index in [4.69, 9.17) is 14.2 Å². The fourth-order valence-electron chi connectivity index (χ4n) is 4.12. The quantitative estimate of drug-likeness (QED) is 0.493. The summed E-state index contributed by atoms with van der Waals surface area (Å²) in [7, 11) is 3.14. The second-order valence-corrected chi connectivity index (χ2v) is 8.58. The lowest BCUT2D eigenvalue weighted by Crippen LogP contribution is -2.34. The number of carbonyl (C=O) groups is 2. The van der Waals surface area contributed by atoms with Crippen LogP contribution in [0.5, 0.6) is 11.5 Å². The first-order chi connectivity index (χ1) is 14.5. The summed E-state index contributed by atoms with van der Waals surface area (Å²) < 4.78 is 16.7. The van der Waals surface area contributed by atoms with Gasteiger partial charge in [0.1, 0.15) is 6.61 Å². The average molecular weight is 432 g/mol. The molecule has 1 aromatic carbocycles. The van der Waals surface area contributed by atoms with Crippen LogP contribution in [0.3, 0.4) is 0 Å². The fourth-order valence-corrected chi connectivity index (χ4v) is 4.61. The number of ketones is 1. The van der Waals surface area contributed by atoms with Crippen LogP contribution in [0.4, 0.5) is 0 Å². The first-order valence-electron chi connectivity index (χ1n) is 10.2. The van der Waals surface area contributed by atoms with E-state index >= 15 is 0 Å². The van der Waals surface area contributed by atoms with E-state index in [-0.39, 0.29) is 5.78 Å². The number of carbonyl (C=O) groups excluding carboxylic acids is 2. The molecule has 1 aromatic rings. The molecule has 0 aromatic heterocycles. The third-order valence-corrected chi connectivity index (χ3v) is 6.27. The van der Waals surface area contributed by atoms with Crippen molar-refractivity contribution in [3.8, 4) is 11.5 Å². The minimum Gasteiger partial charge on any atom is -0.493 e. The van der Waals surface area contributed by atoms with Crippen molar-refractivity contribution in [2.45, 2.75) is 39.0 Å². The predicted molar refractivity (Wildman–Crippen MR) is 118 cm³/mol. The molecule has 0 bridgehead atoms. The number of hydrogen-bond acceptors (Lipinski definition) is 7. The van der Waals surface area contributed by atoms with Gasteiger partial charge in [-0.05, 0) is 31.6 Å². The van der Waals surface area contributed by atoms with Crippen molar-refractivity contribution in [1.82, 2.24) is 5.32 Å². The van der Waals surface area contributed by atoms with Gasteiger partial charge in [-0.2, -0.15) is 11.8 Å². The molecule has 0 saturated carbocycles. The maximum Gasteiger partial charge on any atom is 0.336 e. The Hall–Kier alpha value is -2.41. The van der Waals surface area contributed by atoms with Gasteiger partial charge in [0.15, 0.2) is 17.3 Å². The number of benzene rings is 1. The lowest BCUT2D eigenvalue weighted by atomic mass is 9.75. The molecule has 1 atom stereocenters. The Balaban J connectivity index is 2.09. The van der Waals surface area contributed by atoms with Crippen LogP contribution < -0.4 is 14.8 Å². The number of para-hydroxylation sites is 1. The summed E-state index contributed by atoms with van der Waals surface area (Å²) in [4.78, 5) is 26.1. The fraction of sp³-hybridized carbons (Fsp3) is 0.478. The Morgan fingerprint density at radius 2 is 2.03 bits per heavy atom. The van der Waals surface area contributed by atoms with Crippen LogP contribution >= 0.6 is 11.8 Å². The normalized spacial score (nSPS) is 18.7. The number of esters is 1. The number of dihydropyridines is 1. The summed E-state index contributed by atoms with van der Waals surface area (Å²) in [5.74, 6) is 1.89. The van der Waals surface area contributed by atoms with Gasteiger partial charge in [0.05, 0.1) is 25.7 Å². The second kappa shape index (κ2) is 10.1. The zero-order valence-corrected chi connectivity index (χ0v) is 18.8. The van der Waals surface area contributed by atoms with E-state index in [1.165, 1.54) is 0 Å². The lowest BCUT2D eigenvalue weighted by molar-refractivity contribution is -0.138. The SMILES string of the molecule is CCSCCOC(=O)C1=C(C)NC2=C(C(=O)CCC2)[C@@H]1c1cccc(OC)c1OC. The Kier molecular flexibility index (Phi) is 7.48. The number of allylic oxidation sites excluding steroid dienone is 3. The average Bonchev–Trinajstić information content (AvgIpc) is 2.75. The van der Waals surface area contributed by atoms with Gasteiger partial charge < -0.3 is 19.5 Å². The highest BCUT2D eigenvalue weighted by molar-refractivity contribution is 7.99. The summed E-state index contributed by atoms with van der Waals surface area (Å²) in [6.45, 7) is 4.26. The molecule has 0 unspecified atom stereocenters. The van der Waals surface area contributed by atoms with Crippen LogP contribution in [0.25, 0.3) is 0 Å². The van der Waals surface area contributed by atoms with Crippen molar-refractivity contribution in [1.29, 1.82) is 0 Å². The molecule has 1 heterocycles. The number of thioether (sulfide) groups is 1. The molecule has 30 heavy (non-hydrogen) atoms. The van der Waals surface area contributed by atoms with Crippen LogP contribution in [0.15, 0.2) is 40.7 Å². The number of ether oxygens (including phenoxy) is 3. The molecule has 7 heteroatoms. The van der Waals surface area contributed by atoms with Crippen LogP contribution in [0.1, 0.15) is 44.6 Å². The van der Waals surface area contributed by atoms with E-state index in [1.807, 2.05) is 19.1 Å². The number of rotatable bonds is 8. The standard InChI is InChI=1S/C23H29NO5S/c1-5-30-13-12-29-23(26)19-14(2)24-16-9-7-10-17(25)21(16)20(19)15-8-6-11-18(27-3)22(15)28-4/h6,8,11,20,24H,5,7,9-10,12-13H2,1-4H3/t20-/m1/s1. The third kappa shape index (κ3) is 4.36. The Morgan fingerprint density at radius 1 is 1.23 bits per heavy atom. The van der Waals surface area contributed by atoms with Gasteiger partial charge in [-0.15, -0.1) is 0 Å². The smallest absolute Gasteiger partial charge is 0.336 e.